The van der Waals surface area contributed by atoms with Gasteiger partial charge in [0.05, 0.1) is 19.8 Å². The summed E-state index contributed by atoms with van der Waals surface area (Å²) in [4.78, 5) is 13.8. The zero-order valence-electron chi connectivity index (χ0n) is 13.3. The molecule has 1 aliphatic rings. The minimum atomic E-state index is -0.959. The number of benzene rings is 1. The molecular weight excluding hydrogens is 302 g/mol. The Balaban J connectivity index is 2.29. The smallest absolute Gasteiger partial charge is 0.336 e. The number of carboxylic acids is 1. The van der Waals surface area contributed by atoms with E-state index in [1.54, 1.807) is 19.2 Å². The number of carboxylic acid groups (broad SMARTS) is 1. The summed E-state index contributed by atoms with van der Waals surface area (Å²) in [6, 6.07) is 3.80. The number of nitrogens with zero attached hydrogens (tertiary/aromatic N) is 1. The molecule has 5 nitrogen and oxygen atoms in total. The van der Waals surface area contributed by atoms with Gasteiger partial charge in [-0.1, -0.05) is 0 Å². The number of ether oxygens (including phenoxy) is 2. The van der Waals surface area contributed by atoms with Gasteiger partial charge in [0, 0.05) is 24.2 Å². The van der Waals surface area contributed by atoms with Crippen molar-refractivity contribution in [3.63, 3.8) is 0 Å². The summed E-state index contributed by atoms with van der Waals surface area (Å²) >= 11 is 1.98. The first-order chi connectivity index (χ1) is 10.6. The minimum Gasteiger partial charge on any atom is -0.497 e. The Morgan fingerprint density at radius 3 is 2.55 bits per heavy atom. The summed E-state index contributed by atoms with van der Waals surface area (Å²) in [6.45, 7) is 0.560. The predicted octanol–water partition coefficient (Wildman–Crippen LogP) is 2.73. The van der Waals surface area contributed by atoms with E-state index in [4.69, 9.17) is 9.47 Å². The van der Waals surface area contributed by atoms with Crippen LogP contribution in [0.15, 0.2) is 12.1 Å². The van der Waals surface area contributed by atoms with Gasteiger partial charge in [0.1, 0.15) is 11.5 Å². The van der Waals surface area contributed by atoms with E-state index >= 15 is 0 Å². The maximum absolute atomic E-state index is 11.6. The highest BCUT2D eigenvalue weighted by Gasteiger charge is 2.23. The lowest BCUT2D eigenvalue weighted by molar-refractivity contribution is 0.0693. The Morgan fingerprint density at radius 2 is 2.00 bits per heavy atom. The van der Waals surface area contributed by atoms with Gasteiger partial charge in [0.15, 0.2) is 0 Å². The van der Waals surface area contributed by atoms with Crippen molar-refractivity contribution < 1.29 is 19.4 Å². The molecule has 0 aliphatic carbocycles. The third kappa shape index (κ3) is 3.87. The van der Waals surface area contributed by atoms with E-state index in [1.807, 2.05) is 11.8 Å². The second kappa shape index (κ2) is 7.74. The van der Waals surface area contributed by atoms with Crippen LogP contribution in [-0.2, 0) is 6.54 Å². The van der Waals surface area contributed by atoms with Crippen molar-refractivity contribution in [2.24, 2.45) is 0 Å². The molecule has 0 atom stereocenters. The van der Waals surface area contributed by atoms with E-state index in [0.29, 0.717) is 29.6 Å². The van der Waals surface area contributed by atoms with Gasteiger partial charge in [0.25, 0.3) is 0 Å². The van der Waals surface area contributed by atoms with Crippen LogP contribution in [0.1, 0.15) is 28.8 Å². The van der Waals surface area contributed by atoms with Gasteiger partial charge < -0.3 is 14.6 Å². The molecule has 2 rings (SSSR count). The van der Waals surface area contributed by atoms with E-state index in [2.05, 4.69) is 11.9 Å². The van der Waals surface area contributed by atoms with Crippen molar-refractivity contribution in [2.45, 2.75) is 25.4 Å². The Bertz CT molecular complexity index is 529. The van der Waals surface area contributed by atoms with Gasteiger partial charge in [-0.25, -0.2) is 4.79 Å². The van der Waals surface area contributed by atoms with E-state index in [9.17, 15) is 9.90 Å². The average molecular weight is 325 g/mol. The molecule has 1 aromatic carbocycles. The normalized spacial score (nSPS) is 15.8. The third-order valence-electron chi connectivity index (χ3n) is 4.09. The van der Waals surface area contributed by atoms with Crippen molar-refractivity contribution in [3.8, 4) is 11.5 Å². The lowest BCUT2D eigenvalue weighted by atomic mass is 10.0. The fourth-order valence-electron chi connectivity index (χ4n) is 2.78. The standard InChI is InChI=1S/C16H23NO4S/c1-17(11-4-6-22-7-5-11)10-14-13(16(18)19)8-12(20-2)9-15(14)21-3/h8-9,11H,4-7,10H2,1-3H3,(H,18,19). The Hall–Kier alpha value is -1.40. The van der Waals surface area contributed by atoms with Crippen LogP contribution in [0.4, 0.5) is 0 Å². The largest absolute Gasteiger partial charge is 0.497 e. The summed E-state index contributed by atoms with van der Waals surface area (Å²) in [5.41, 5.74) is 0.949. The highest BCUT2D eigenvalue weighted by molar-refractivity contribution is 7.99. The van der Waals surface area contributed by atoms with Crippen molar-refractivity contribution in [3.05, 3.63) is 23.3 Å². The average Bonchev–Trinajstić information content (AvgIpc) is 2.55. The quantitative estimate of drug-likeness (QED) is 0.868. The maximum atomic E-state index is 11.6. The molecule has 0 saturated carbocycles. The monoisotopic (exact) mass is 325 g/mol. The number of rotatable bonds is 6. The lowest BCUT2D eigenvalue weighted by Gasteiger charge is -2.31. The molecule has 0 aromatic heterocycles. The number of aromatic carboxylic acids is 1. The van der Waals surface area contributed by atoms with Crippen LogP contribution in [0.5, 0.6) is 11.5 Å². The second-order valence-corrected chi connectivity index (χ2v) is 6.64. The first-order valence-corrected chi connectivity index (χ1v) is 8.48. The molecule has 1 aliphatic heterocycles. The van der Waals surface area contributed by atoms with Crippen LogP contribution >= 0.6 is 11.8 Å². The molecule has 1 saturated heterocycles. The van der Waals surface area contributed by atoms with Crippen molar-refractivity contribution in [1.29, 1.82) is 0 Å². The summed E-state index contributed by atoms with van der Waals surface area (Å²) < 4.78 is 10.6. The van der Waals surface area contributed by atoms with Crippen molar-refractivity contribution >= 4 is 17.7 Å². The van der Waals surface area contributed by atoms with E-state index < -0.39 is 5.97 Å². The Kier molecular flexibility index (Phi) is 5.97. The molecule has 0 amide bonds. The van der Waals surface area contributed by atoms with Crippen molar-refractivity contribution in [2.75, 3.05) is 32.8 Å². The molecule has 0 spiro atoms. The molecule has 1 fully saturated rings. The van der Waals surface area contributed by atoms with Crippen LogP contribution < -0.4 is 9.47 Å². The minimum absolute atomic E-state index is 0.244. The molecule has 22 heavy (non-hydrogen) atoms. The van der Waals surface area contributed by atoms with Gasteiger partial charge in [0.2, 0.25) is 0 Å². The molecule has 6 heteroatoms. The van der Waals surface area contributed by atoms with Gasteiger partial charge in [-0.2, -0.15) is 11.8 Å². The van der Waals surface area contributed by atoms with Gasteiger partial charge in [-0.15, -0.1) is 0 Å². The Labute approximate surface area is 135 Å². The number of hydrogen-bond acceptors (Lipinski definition) is 5. The van der Waals surface area contributed by atoms with E-state index in [1.165, 1.54) is 18.6 Å². The fraction of sp³-hybridized carbons (Fsp3) is 0.562. The third-order valence-corrected chi connectivity index (χ3v) is 5.14. The first-order valence-electron chi connectivity index (χ1n) is 7.33. The molecule has 0 bridgehead atoms. The summed E-state index contributed by atoms with van der Waals surface area (Å²) in [6.07, 6.45) is 2.28. The van der Waals surface area contributed by atoms with Crippen LogP contribution in [0, 0.1) is 0 Å². The Morgan fingerprint density at radius 1 is 1.32 bits per heavy atom. The maximum Gasteiger partial charge on any atom is 0.336 e. The molecule has 1 aromatic rings. The van der Waals surface area contributed by atoms with Gasteiger partial charge in [-0.3, -0.25) is 4.90 Å². The zero-order valence-corrected chi connectivity index (χ0v) is 14.1. The highest BCUT2D eigenvalue weighted by atomic mass is 32.2. The predicted molar refractivity (Wildman–Crippen MR) is 88.3 cm³/mol. The molecular formula is C16H23NO4S. The molecule has 122 valence electrons. The van der Waals surface area contributed by atoms with Crippen molar-refractivity contribution in [1.82, 2.24) is 4.90 Å². The number of hydrogen-bond donors (Lipinski definition) is 1. The van der Waals surface area contributed by atoms with Crippen LogP contribution in [0.2, 0.25) is 0 Å². The van der Waals surface area contributed by atoms with E-state index in [0.717, 1.165) is 12.8 Å². The first kappa shape index (κ1) is 17.0. The SMILES string of the molecule is COc1cc(OC)c(CN(C)C2CCSCC2)c(C(=O)O)c1. The highest BCUT2D eigenvalue weighted by Crippen LogP contribution is 2.31. The van der Waals surface area contributed by atoms with Gasteiger partial charge in [-0.05, 0) is 37.5 Å². The zero-order chi connectivity index (χ0) is 16.1. The molecule has 0 radical (unpaired) electrons. The summed E-state index contributed by atoms with van der Waals surface area (Å²) in [5, 5.41) is 9.50. The lowest BCUT2D eigenvalue weighted by Crippen LogP contribution is -2.34. The summed E-state index contributed by atoms with van der Waals surface area (Å²) in [7, 11) is 5.13. The molecule has 1 N–H and O–H groups in total. The molecule has 1 heterocycles. The number of methoxy groups -OCH3 is 2. The summed E-state index contributed by atoms with van der Waals surface area (Å²) in [5.74, 6) is 2.43. The topological polar surface area (TPSA) is 59.0 Å². The van der Waals surface area contributed by atoms with E-state index in [-0.39, 0.29) is 5.56 Å². The van der Waals surface area contributed by atoms with Crippen LogP contribution in [0.3, 0.4) is 0 Å². The van der Waals surface area contributed by atoms with Crippen LogP contribution in [-0.4, -0.2) is 54.8 Å². The van der Waals surface area contributed by atoms with Gasteiger partial charge >= 0.3 is 5.97 Å². The van der Waals surface area contributed by atoms with Crippen LogP contribution in [0.25, 0.3) is 0 Å². The number of carbonyl (C=O) groups is 1. The number of thioether (sulfide) groups is 1. The fourth-order valence-corrected chi connectivity index (χ4v) is 3.86. The second-order valence-electron chi connectivity index (χ2n) is 5.42. The molecule has 0 unspecified atom stereocenters.